The predicted octanol–water partition coefficient (Wildman–Crippen LogP) is 0.837. The lowest BCUT2D eigenvalue weighted by molar-refractivity contribution is -0.903. The number of fused-ring (bicyclic) bond motifs is 1. The van der Waals surface area contributed by atoms with Crippen molar-refractivity contribution >= 4 is 5.69 Å². The number of aliphatic hydroxyl groups excluding tert-OH is 1. The molecule has 0 amide bonds. The van der Waals surface area contributed by atoms with Crippen LogP contribution in [0.4, 0.5) is 10.1 Å². The monoisotopic (exact) mass is 389 g/mol. The molecule has 0 spiro atoms. The van der Waals surface area contributed by atoms with Gasteiger partial charge >= 0.3 is 0 Å². The van der Waals surface area contributed by atoms with E-state index in [1.54, 1.807) is 0 Å². The molecule has 2 aromatic rings. The van der Waals surface area contributed by atoms with Gasteiger partial charge in [-0.2, -0.15) is 0 Å². The number of piperazine rings is 1. The largest absolute Gasteiger partial charge is 0.454 e. The standard InChI is InChI=1S/C21H25FN2O4/c22-17-2-4-18(5-3-17)24-9-7-23(8-10-24)12-19(25)14-26-13-16-1-6-20-21(11-16)28-15-27-20/h1-6,11,19,25H,7-10,12-15H2/p+1/t19-/m1/s1. The molecule has 1 atom stereocenters. The van der Waals surface area contributed by atoms with Gasteiger partial charge in [0.25, 0.3) is 0 Å². The Morgan fingerprint density at radius 1 is 1.07 bits per heavy atom. The first kappa shape index (κ1) is 19.0. The van der Waals surface area contributed by atoms with Crippen molar-refractivity contribution in [1.82, 2.24) is 0 Å². The molecule has 0 unspecified atom stereocenters. The predicted molar refractivity (Wildman–Crippen MR) is 102 cm³/mol. The summed E-state index contributed by atoms with van der Waals surface area (Å²) in [5.41, 5.74) is 2.05. The van der Waals surface area contributed by atoms with Crippen LogP contribution in [0.3, 0.4) is 0 Å². The van der Waals surface area contributed by atoms with Crippen LogP contribution in [0.25, 0.3) is 0 Å². The van der Waals surface area contributed by atoms with E-state index in [9.17, 15) is 9.50 Å². The summed E-state index contributed by atoms with van der Waals surface area (Å²) in [4.78, 5) is 3.61. The van der Waals surface area contributed by atoms with Gasteiger partial charge in [0.2, 0.25) is 6.79 Å². The Balaban J connectivity index is 1.16. The second-order valence-corrected chi connectivity index (χ2v) is 7.27. The molecule has 0 bridgehead atoms. The van der Waals surface area contributed by atoms with E-state index in [0.29, 0.717) is 19.8 Å². The normalized spacial score (nSPS) is 17.7. The first-order valence-electron chi connectivity index (χ1n) is 9.66. The van der Waals surface area contributed by atoms with E-state index in [0.717, 1.165) is 48.9 Å². The van der Waals surface area contributed by atoms with Gasteiger partial charge in [-0.05, 0) is 42.0 Å². The highest BCUT2D eigenvalue weighted by Crippen LogP contribution is 2.32. The van der Waals surface area contributed by atoms with Crippen LogP contribution in [0, 0.1) is 5.82 Å². The van der Waals surface area contributed by atoms with Crippen LogP contribution in [0.5, 0.6) is 11.5 Å². The lowest BCUT2D eigenvalue weighted by Crippen LogP contribution is -3.16. The molecule has 0 aliphatic carbocycles. The number of nitrogens with one attached hydrogen (secondary N) is 1. The van der Waals surface area contributed by atoms with Crippen LogP contribution in [0.1, 0.15) is 5.56 Å². The Hall–Kier alpha value is -2.35. The van der Waals surface area contributed by atoms with Gasteiger partial charge in [-0.25, -0.2) is 4.39 Å². The van der Waals surface area contributed by atoms with Crippen molar-refractivity contribution in [3.05, 3.63) is 53.8 Å². The molecule has 2 aromatic carbocycles. The second kappa shape index (κ2) is 8.77. The summed E-state index contributed by atoms with van der Waals surface area (Å²) in [5.74, 6) is 1.29. The molecule has 28 heavy (non-hydrogen) atoms. The summed E-state index contributed by atoms with van der Waals surface area (Å²) in [6, 6.07) is 12.4. The van der Waals surface area contributed by atoms with Crippen LogP contribution in [-0.4, -0.2) is 57.3 Å². The van der Waals surface area contributed by atoms with Crippen LogP contribution < -0.4 is 19.3 Å². The maximum absolute atomic E-state index is 13.1. The Kier molecular flexibility index (Phi) is 5.95. The van der Waals surface area contributed by atoms with E-state index in [2.05, 4.69) is 4.90 Å². The number of aliphatic hydroxyl groups is 1. The number of ether oxygens (including phenoxy) is 3. The highest BCUT2D eigenvalue weighted by molar-refractivity contribution is 5.46. The SMILES string of the molecule is O[C@@H](COCc1ccc2c(c1)OCO2)C[NH+]1CCN(c2ccc(F)cc2)CC1. The number of quaternary nitrogens is 1. The smallest absolute Gasteiger partial charge is 0.231 e. The Labute approximate surface area is 164 Å². The first-order chi connectivity index (χ1) is 13.7. The number of rotatable bonds is 7. The van der Waals surface area contributed by atoms with Crippen LogP contribution >= 0.6 is 0 Å². The minimum atomic E-state index is -0.499. The van der Waals surface area contributed by atoms with Crippen molar-refractivity contribution < 1.29 is 28.6 Å². The maximum atomic E-state index is 13.1. The fourth-order valence-electron chi connectivity index (χ4n) is 3.67. The van der Waals surface area contributed by atoms with E-state index in [1.807, 2.05) is 30.3 Å². The van der Waals surface area contributed by atoms with Crippen LogP contribution in [0.2, 0.25) is 0 Å². The van der Waals surface area contributed by atoms with Gasteiger partial charge in [0.15, 0.2) is 11.5 Å². The first-order valence-corrected chi connectivity index (χ1v) is 9.66. The average Bonchev–Trinajstić information content (AvgIpc) is 3.17. The fraction of sp³-hybridized carbons (Fsp3) is 0.429. The van der Waals surface area contributed by atoms with E-state index in [4.69, 9.17) is 14.2 Å². The van der Waals surface area contributed by atoms with Gasteiger partial charge in [0.1, 0.15) is 18.5 Å². The molecular formula is C21H26FN2O4+. The summed E-state index contributed by atoms with van der Waals surface area (Å²) < 4.78 is 29.4. The van der Waals surface area contributed by atoms with Crippen LogP contribution in [-0.2, 0) is 11.3 Å². The summed E-state index contributed by atoms with van der Waals surface area (Å²) in [7, 11) is 0. The zero-order chi connectivity index (χ0) is 19.3. The molecule has 4 rings (SSSR count). The summed E-state index contributed by atoms with van der Waals surface area (Å²) in [6.07, 6.45) is -0.499. The van der Waals surface area contributed by atoms with E-state index < -0.39 is 6.10 Å². The quantitative estimate of drug-likeness (QED) is 0.735. The molecule has 1 fully saturated rings. The van der Waals surface area contributed by atoms with E-state index in [1.165, 1.54) is 17.0 Å². The average molecular weight is 389 g/mol. The maximum Gasteiger partial charge on any atom is 0.231 e. The lowest BCUT2D eigenvalue weighted by Gasteiger charge is -2.34. The number of hydrogen-bond acceptors (Lipinski definition) is 5. The number of benzene rings is 2. The molecule has 6 nitrogen and oxygen atoms in total. The molecule has 150 valence electrons. The highest BCUT2D eigenvalue weighted by Gasteiger charge is 2.23. The Bertz CT molecular complexity index is 778. The van der Waals surface area contributed by atoms with E-state index >= 15 is 0 Å². The molecule has 0 saturated carbocycles. The Morgan fingerprint density at radius 3 is 2.61 bits per heavy atom. The third-order valence-electron chi connectivity index (χ3n) is 5.20. The minimum Gasteiger partial charge on any atom is -0.454 e. The molecule has 1 saturated heterocycles. The van der Waals surface area contributed by atoms with Gasteiger partial charge in [0, 0.05) is 5.69 Å². The zero-order valence-electron chi connectivity index (χ0n) is 15.8. The van der Waals surface area contributed by atoms with Crippen molar-refractivity contribution in [3.8, 4) is 11.5 Å². The molecular weight excluding hydrogens is 363 g/mol. The van der Waals surface area contributed by atoms with Crippen molar-refractivity contribution in [2.45, 2.75) is 12.7 Å². The Morgan fingerprint density at radius 2 is 1.82 bits per heavy atom. The van der Waals surface area contributed by atoms with Crippen molar-refractivity contribution in [2.24, 2.45) is 0 Å². The number of anilines is 1. The zero-order valence-corrected chi connectivity index (χ0v) is 15.8. The minimum absolute atomic E-state index is 0.211. The van der Waals surface area contributed by atoms with Crippen molar-refractivity contribution in [3.63, 3.8) is 0 Å². The van der Waals surface area contributed by atoms with Crippen molar-refractivity contribution in [2.75, 3.05) is 51.0 Å². The molecule has 0 radical (unpaired) electrons. The molecule has 2 heterocycles. The number of nitrogens with zero attached hydrogens (tertiary/aromatic N) is 1. The lowest BCUT2D eigenvalue weighted by atomic mass is 10.2. The summed E-state index contributed by atoms with van der Waals surface area (Å²) >= 11 is 0. The highest BCUT2D eigenvalue weighted by atomic mass is 19.1. The number of hydrogen-bond donors (Lipinski definition) is 2. The van der Waals surface area contributed by atoms with Gasteiger partial charge in [0.05, 0.1) is 39.4 Å². The third-order valence-corrected chi connectivity index (χ3v) is 5.20. The molecule has 2 aliphatic rings. The van der Waals surface area contributed by atoms with Gasteiger partial charge < -0.3 is 29.1 Å². The van der Waals surface area contributed by atoms with Gasteiger partial charge in [-0.3, -0.25) is 0 Å². The fourth-order valence-corrected chi connectivity index (χ4v) is 3.67. The summed E-state index contributed by atoms with van der Waals surface area (Å²) in [6.45, 7) is 5.33. The third kappa shape index (κ3) is 4.73. The summed E-state index contributed by atoms with van der Waals surface area (Å²) in [5, 5.41) is 10.3. The number of halogens is 1. The van der Waals surface area contributed by atoms with Gasteiger partial charge in [-0.1, -0.05) is 6.07 Å². The van der Waals surface area contributed by atoms with E-state index in [-0.39, 0.29) is 12.6 Å². The molecule has 2 aliphatic heterocycles. The molecule has 0 aromatic heterocycles. The second-order valence-electron chi connectivity index (χ2n) is 7.27. The van der Waals surface area contributed by atoms with Gasteiger partial charge in [-0.15, -0.1) is 0 Å². The topological polar surface area (TPSA) is 55.6 Å². The van der Waals surface area contributed by atoms with Crippen LogP contribution in [0.15, 0.2) is 42.5 Å². The molecule has 2 N–H and O–H groups in total. The van der Waals surface area contributed by atoms with Crippen molar-refractivity contribution in [1.29, 1.82) is 0 Å². The molecule has 7 heteroatoms.